The first-order chi connectivity index (χ1) is 8.63. The summed E-state index contributed by atoms with van der Waals surface area (Å²) in [5, 5.41) is 0. The zero-order valence-corrected chi connectivity index (χ0v) is 11.3. The molecule has 0 fully saturated rings. The summed E-state index contributed by atoms with van der Waals surface area (Å²) >= 11 is 5.59. The number of rotatable bonds is 3. The molecule has 0 saturated heterocycles. The molecule has 0 saturated carbocycles. The van der Waals surface area contributed by atoms with E-state index in [-0.39, 0.29) is 5.91 Å². The smallest absolute Gasteiger partial charge is 0.227 e. The van der Waals surface area contributed by atoms with E-state index >= 15 is 0 Å². The molecule has 1 aliphatic heterocycles. The lowest BCUT2D eigenvalue weighted by Gasteiger charge is -2.24. The molecule has 4 nitrogen and oxygen atoms in total. The van der Waals surface area contributed by atoms with Crippen LogP contribution in [0.1, 0.15) is 12.0 Å². The van der Waals surface area contributed by atoms with Crippen LogP contribution in [0.2, 0.25) is 0 Å². The number of nitrogens with zero attached hydrogens (tertiary/aromatic N) is 1. The lowest BCUT2D eigenvalue weighted by molar-refractivity contribution is -0.117. The summed E-state index contributed by atoms with van der Waals surface area (Å²) < 4.78 is 11.0. The quantitative estimate of drug-likeness (QED) is 0.791. The molecule has 0 radical (unpaired) electrons. The molecule has 0 bridgehead atoms. The third-order valence-corrected chi connectivity index (χ3v) is 3.09. The van der Waals surface area contributed by atoms with Gasteiger partial charge in [-0.05, 0) is 18.6 Å². The molecule has 0 aromatic heterocycles. The van der Waals surface area contributed by atoms with Crippen LogP contribution in [0, 0.1) is 6.92 Å². The zero-order chi connectivity index (χ0) is 13.1. The van der Waals surface area contributed by atoms with E-state index in [9.17, 15) is 4.79 Å². The Kier molecular flexibility index (Phi) is 3.97. The molecule has 1 aromatic carbocycles. The highest BCUT2D eigenvalue weighted by Gasteiger charge is 2.18. The van der Waals surface area contributed by atoms with Gasteiger partial charge in [0.25, 0.3) is 0 Å². The second-order valence-electron chi connectivity index (χ2n) is 4.17. The van der Waals surface area contributed by atoms with Gasteiger partial charge in [0.2, 0.25) is 5.91 Å². The van der Waals surface area contributed by atoms with E-state index in [1.807, 2.05) is 19.1 Å². The van der Waals surface area contributed by atoms with Crippen LogP contribution in [0.15, 0.2) is 12.1 Å². The highest BCUT2D eigenvalue weighted by molar-refractivity contribution is 6.19. The first-order valence-corrected chi connectivity index (χ1v) is 6.39. The molecule has 0 atom stereocenters. The van der Waals surface area contributed by atoms with E-state index in [2.05, 4.69) is 0 Å². The Balaban J connectivity index is 2.30. The van der Waals surface area contributed by atoms with Crippen LogP contribution < -0.4 is 14.4 Å². The van der Waals surface area contributed by atoms with Crippen LogP contribution in [-0.4, -0.2) is 32.0 Å². The number of carbonyl (C=O) groups is 1. The molecule has 1 aromatic rings. The zero-order valence-electron chi connectivity index (χ0n) is 10.5. The molecule has 0 spiro atoms. The van der Waals surface area contributed by atoms with E-state index < -0.39 is 0 Å². The average Bonchev–Trinajstić information content (AvgIpc) is 2.37. The van der Waals surface area contributed by atoms with Crippen molar-refractivity contribution in [2.75, 3.05) is 31.0 Å². The van der Waals surface area contributed by atoms with Crippen LogP contribution in [-0.2, 0) is 4.79 Å². The number of hydrogen-bond donors (Lipinski definition) is 0. The Bertz CT molecular complexity index is 462. The van der Waals surface area contributed by atoms with Crippen LogP contribution in [0.25, 0.3) is 0 Å². The Morgan fingerprint density at radius 2 is 1.94 bits per heavy atom. The number of benzene rings is 1. The maximum absolute atomic E-state index is 11.8. The van der Waals surface area contributed by atoms with E-state index in [4.69, 9.17) is 21.1 Å². The van der Waals surface area contributed by atoms with E-state index in [0.717, 1.165) is 17.0 Å². The van der Waals surface area contributed by atoms with Gasteiger partial charge in [-0.2, -0.15) is 0 Å². The minimum atomic E-state index is -0.00946. The summed E-state index contributed by atoms with van der Waals surface area (Å²) in [6.45, 7) is 3.04. The van der Waals surface area contributed by atoms with Gasteiger partial charge in [0.05, 0.1) is 5.69 Å². The van der Waals surface area contributed by atoms with Gasteiger partial charge in [0.15, 0.2) is 11.5 Å². The summed E-state index contributed by atoms with van der Waals surface area (Å²) in [7, 11) is 1.74. The molecule has 0 N–H and O–H groups in total. The number of carbonyl (C=O) groups excluding carboxylic acids is 1. The van der Waals surface area contributed by atoms with Gasteiger partial charge >= 0.3 is 0 Å². The third kappa shape index (κ3) is 2.53. The predicted molar refractivity (Wildman–Crippen MR) is 70.9 cm³/mol. The van der Waals surface area contributed by atoms with Gasteiger partial charge in [-0.1, -0.05) is 0 Å². The number of halogens is 1. The molecular weight excluding hydrogens is 254 g/mol. The Labute approximate surface area is 111 Å². The van der Waals surface area contributed by atoms with Crippen molar-refractivity contribution in [1.29, 1.82) is 0 Å². The van der Waals surface area contributed by atoms with Crippen molar-refractivity contribution < 1.29 is 14.3 Å². The van der Waals surface area contributed by atoms with Crippen molar-refractivity contribution in [2.24, 2.45) is 0 Å². The minimum absolute atomic E-state index is 0.00946. The van der Waals surface area contributed by atoms with Crippen LogP contribution >= 0.6 is 11.6 Å². The van der Waals surface area contributed by atoms with Crippen molar-refractivity contribution in [3.05, 3.63) is 17.7 Å². The highest BCUT2D eigenvalue weighted by atomic mass is 35.5. The van der Waals surface area contributed by atoms with Crippen molar-refractivity contribution in [2.45, 2.75) is 13.3 Å². The summed E-state index contributed by atoms with van der Waals surface area (Å²) in [5.41, 5.74) is 1.80. The normalized spacial score (nSPS) is 13.3. The monoisotopic (exact) mass is 269 g/mol. The van der Waals surface area contributed by atoms with Gasteiger partial charge in [-0.15, -0.1) is 11.6 Å². The number of hydrogen-bond acceptors (Lipinski definition) is 3. The molecule has 18 heavy (non-hydrogen) atoms. The fraction of sp³-hybridized carbons (Fsp3) is 0.462. The highest BCUT2D eigenvalue weighted by Crippen LogP contribution is 2.36. The van der Waals surface area contributed by atoms with Crippen molar-refractivity contribution in [3.8, 4) is 11.5 Å². The lowest BCUT2D eigenvalue weighted by Crippen LogP contribution is -2.27. The van der Waals surface area contributed by atoms with Crippen molar-refractivity contribution >= 4 is 23.2 Å². The molecule has 1 aliphatic rings. The topological polar surface area (TPSA) is 38.8 Å². The van der Waals surface area contributed by atoms with Gasteiger partial charge < -0.3 is 14.4 Å². The molecule has 0 aliphatic carbocycles. The second kappa shape index (κ2) is 5.48. The summed E-state index contributed by atoms with van der Waals surface area (Å²) in [4.78, 5) is 13.4. The number of ether oxygens (including phenoxy) is 2. The van der Waals surface area contributed by atoms with Gasteiger partial charge in [0, 0.05) is 25.4 Å². The van der Waals surface area contributed by atoms with Crippen LogP contribution in [0.3, 0.4) is 0 Å². The predicted octanol–water partition coefficient (Wildman–Crippen LogP) is 2.36. The van der Waals surface area contributed by atoms with Crippen molar-refractivity contribution in [3.63, 3.8) is 0 Å². The first-order valence-electron chi connectivity index (χ1n) is 5.86. The number of amides is 1. The molecule has 0 unspecified atom stereocenters. The van der Waals surface area contributed by atoms with E-state index in [1.54, 1.807) is 11.9 Å². The van der Waals surface area contributed by atoms with Crippen LogP contribution in [0.5, 0.6) is 11.5 Å². The molecule has 5 heteroatoms. The first kappa shape index (κ1) is 13.0. The maximum Gasteiger partial charge on any atom is 0.227 e. The van der Waals surface area contributed by atoms with Crippen molar-refractivity contribution in [1.82, 2.24) is 0 Å². The average molecular weight is 270 g/mol. The second-order valence-corrected chi connectivity index (χ2v) is 4.55. The Morgan fingerprint density at radius 3 is 2.56 bits per heavy atom. The SMILES string of the molecule is Cc1cc2c(cc1N(C)C(=O)CCCl)OCCO2. The Morgan fingerprint density at radius 1 is 1.33 bits per heavy atom. The van der Waals surface area contributed by atoms with Gasteiger partial charge in [0.1, 0.15) is 13.2 Å². The maximum atomic E-state index is 11.8. The number of fused-ring (bicyclic) bond motifs is 1. The van der Waals surface area contributed by atoms with Gasteiger partial charge in [-0.25, -0.2) is 0 Å². The molecule has 1 amide bonds. The third-order valence-electron chi connectivity index (χ3n) is 2.90. The number of anilines is 1. The molecule has 2 rings (SSSR count). The summed E-state index contributed by atoms with van der Waals surface area (Å²) in [6.07, 6.45) is 0.325. The number of aryl methyl sites for hydroxylation is 1. The Hall–Kier alpha value is -1.42. The molecular formula is C13H16ClNO3. The van der Waals surface area contributed by atoms with Crippen LogP contribution in [0.4, 0.5) is 5.69 Å². The fourth-order valence-corrected chi connectivity index (χ4v) is 2.09. The molecule has 1 heterocycles. The summed E-state index contributed by atoms with van der Waals surface area (Å²) in [5.74, 6) is 1.74. The largest absolute Gasteiger partial charge is 0.486 e. The lowest BCUT2D eigenvalue weighted by atomic mass is 10.1. The summed E-state index contributed by atoms with van der Waals surface area (Å²) in [6, 6.07) is 3.74. The molecule has 98 valence electrons. The fourth-order valence-electron chi connectivity index (χ4n) is 1.92. The van der Waals surface area contributed by atoms with E-state index in [0.29, 0.717) is 31.3 Å². The standard InChI is InChI=1S/C13H16ClNO3/c1-9-7-11-12(18-6-5-17-11)8-10(9)15(2)13(16)3-4-14/h7-8H,3-6H2,1-2H3. The minimum Gasteiger partial charge on any atom is -0.486 e. The number of alkyl halides is 1. The van der Waals surface area contributed by atoms with Gasteiger partial charge in [-0.3, -0.25) is 4.79 Å². The van der Waals surface area contributed by atoms with E-state index in [1.165, 1.54) is 0 Å².